The SMILES string of the molecule is CNC(C)(CCN1CCCN2CCCC2C1)C(=O)O. The van der Waals surface area contributed by atoms with Gasteiger partial charge in [0.25, 0.3) is 0 Å². The third-order valence-electron chi connectivity index (χ3n) is 4.84. The molecular weight excluding hydrogens is 242 g/mol. The van der Waals surface area contributed by atoms with Crippen LogP contribution in [-0.4, -0.2) is 72.2 Å². The molecule has 0 aromatic heterocycles. The van der Waals surface area contributed by atoms with Gasteiger partial charge in [-0.1, -0.05) is 0 Å². The quantitative estimate of drug-likeness (QED) is 0.766. The topological polar surface area (TPSA) is 55.8 Å². The van der Waals surface area contributed by atoms with Crippen LogP contribution in [0.1, 0.15) is 32.6 Å². The molecule has 2 aliphatic heterocycles. The number of rotatable bonds is 5. The largest absolute Gasteiger partial charge is 0.480 e. The normalized spacial score (nSPS) is 28.6. The number of carboxylic acid groups (broad SMARTS) is 1. The van der Waals surface area contributed by atoms with Crippen molar-refractivity contribution in [2.45, 2.75) is 44.2 Å². The molecule has 2 unspecified atom stereocenters. The van der Waals surface area contributed by atoms with Crippen LogP contribution >= 0.6 is 0 Å². The lowest BCUT2D eigenvalue weighted by atomic mass is 9.98. The number of carbonyl (C=O) groups is 1. The molecule has 0 spiro atoms. The standard InChI is InChI=1S/C14H27N3O2/c1-14(15-2,13(18)19)6-10-16-7-4-9-17-8-3-5-12(17)11-16/h12,15H,3-11H2,1-2H3,(H,18,19). The van der Waals surface area contributed by atoms with E-state index < -0.39 is 11.5 Å². The van der Waals surface area contributed by atoms with Crippen LogP contribution in [0.5, 0.6) is 0 Å². The van der Waals surface area contributed by atoms with E-state index in [1.807, 2.05) is 0 Å². The maximum Gasteiger partial charge on any atom is 0.323 e. The van der Waals surface area contributed by atoms with E-state index in [9.17, 15) is 9.90 Å². The Labute approximate surface area is 115 Å². The number of nitrogens with one attached hydrogen (secondary N) is 1. The van der Waals surface area contributed by atoms with Crippen LogP contribution in [0.2, 0.25) is 0 Å². The molecule has 0 amide bonds. The first-order valence-corrected chi connectivity index (χ1v) is 7.44. The summed E-state index contributed by atoms with van der Waals surface area (Å²) in [5.41, 5.74) is -0.804. The Balaban J connectivity index is 1.86. The minimum atomic E-state index is -0.804. The molecule has 0 bridgehead atoms. The van der Waals surface area contributed by atoms with E-state index >= 15 is 0 Å². The number of hydrogen-bond acceptors (Lipinski definition) is 4. The molecule has 2 fully saturated rings. The summed E-state index contributed by atoms with van der Waals surface area (Å²) < 4.78 is 0. The molecule has 0 aliphatic carbocycles. The summed E-state index contributed by atoms with van der Waals surface area (Å²) >= 11 is 0. The van der Waals surface area contributed by atoms with Gasteiger partial charge >= 0.3 is 5.97 Å². The maximum absolute atomic E-state index is 11.3. The molecule has 5 heteroatoms. The summed E-state index contributed by atoms with van der Waals surface area (Å²) in [5.74, 6) is -0.757. The first kappa shape index (κ1) is 14.8. The summed E-state index contributed by atoms with van der Waals surface area (Å²) in [6.07, 6.45) is 4.49. The predicted octanol–water partition coefficient (Wildman–Crippen LogP) is 0.609. The zero-order chi connectivity index (χ0) is 13.9. The van der Waals surface area contributed by atoms with Crippen molar-refractivity contribution in [2.24, 2.45) is 0 Å². The third-order valence-corrected chi connectivity index (χ3v) is 4.84. The molecule has 19 heavy (non-hydrogen) atoms. The summed E-state index contributed by atoms with van der Waals surface area (Å²) in [6, 6.07) is 0.702. The smallest absolute Gasteiger partial charge is 0.323 e. The molecule has 2 rings (SSSR count). The number of hydrogen-bond donors (Lipinski definition) is 2. The zero-order valence-electron chi connectivity index (χ0n) is 12.2. The van der Waals surface area contributed by atoms with E-state index in [1.165, 1.54) is 32.4 Å². The Morgan fingerprint density at radius 3 is 2.79 bits per heavy atom. The minimum absolute atomic E-state index is 0.658. The van der Waals surface area contributed by atoms with Crippen molar-refractivity contribution in [1.82, 2.24) is 15.1 Å². The van der Waals surface area contributed by atoms with Gasteiger partial charge in [0, 0.05) is 19.1 Å². The highest BCUT2D eigenvalue weighted by molar-refractivity contribution is 5.78. The van der Waals surface area contributed by atoms with Gasteiger partial charge in [0.15, 0.2) is 0 Å². The van der Waals surface area contributed by atoms with Gasteiger partial charge in [0.1, 0.15) is 5.54 Å². The van der Waals surface area contributed by atoms with Crippen LogP contribution < -0.4 is 5.32 Å². The van der Waals surface area contributed by atoms with E-state index in [0.29, 0.717) is 12.5 Å². The molecular formula is C14H27N3O2. The highest BCUT2D eigenvalue weighted by atomic mass is 16.4. The molecule has 2 atom stereocenters. The van der Waals surface area contributed by atoms with Crippen molar-refractivity contribution in [1.29, 1.82) is 0 Å². The average Bonchev–Trinajstić information content (AvgIpc) is 2.74. The van der Waals surface area contributed by atoms with Crippen molar-refractivity contribution >= 4 is 5.97 Å². The maximum atomic E-state index is 11.3. The Morgan fingerprint density at radius 2 is 2.11 bits per heavy atom. The van der Waals surface area contributed by atoms with Crippen molar-refractivity contribution in [3.05, 3.63) is 0 Å². The van der Waals surface area contributed by atoms with E-state index in [0.717, 1.165) is 19.6 Å². The first-order valence-electron chi connectivity index (χ1n) is 7.44. The summed E-state index contributed by atoms with van der Waals surface area (Å²) in [4.78, 5) is 16.3. The Kier molecular flexibility index (Phi) is 4.81. The summed E-state index contributed by atoms with van der Waals surface area (Å²) in [5, 5.41) is 12.2. The van der Waals surface area contributed by atoms with Crippen LogP contribution in [0.3, 0.4) is 0 Å². The molecule has 2 saturated heterocycles. The highest BCUT2D eigenvalue weighted by Gasteiger charge is 2.33. The molecule has 0 radical (unpaired) electrons. The predicted molar refractivity (Wildman–Crippen MR) is 75.4 cm³/mol. The van der Waals surface area contributed by atoms with Gasteiger partial charge in [-0.3, -0.25) is 9.69 Å². The molecule has 2 N–H and O–H groups in total. The number of aliphatic carboxylic acids is 1. The first-order chi connectivity index (χ1) is 9.05. The lowest BCUT2D eigenvalue weighted by Gasteiger charge is -2.30. The Bertz CT molecular complexity index is 324. The Morgan fingerprint density at radius 1 is 1.37 bits per heavy atom. The molecule has 2 heterocycles. The summed E-state index contributed by atoms with van der Waals surface area (Å²) in [7, 11) is 1.73. The third kappa shape index (κ3) is 3.46. The molecule has 110 valence electrons. The van der Waals surface area contributed by atoms with Crippen LogP contribution in [-0.2, 0) is 4.79 Å². The fraction of sp³-hybridized carbons (Fsp3) is 0.929. The van der Waals surface area contributed by atoms with Gasteiger partial charge in [0.05, 0.1) is 0 Å². The fourth-order valence-electron chi connectivity index (χ4n) is 3.21. The summed E-state index contributed by atoms with van der Waals surface area (Å²) in [6.45, 7) is 7.32. The van der Waals surface area contributed by atoms with E-state index in [1.54, 1.807) is 14.0 Å². The van der Waals surface area contributed by atoms with Gasteiger partial charge in [-0.05, 0) is 59.3 Å². The molecule has 2 aliphatic rings. The van der Waals surface area contributed by atoms with Crippen molar-refractivity contribution in [3.63, 3.8) is 0 Å². The van der Waals surface area contributed by atoms with Crippen molar-refractivity contribution in [3.8, 4) is 0 Å². The monoisotopic (exact) mass is 269 g/mol. The second-order valence-corrected chi connectivity index (χ2v) is 6.12. The number of fused-ring (bicyclic) bond motifs is 1. The van der Waals surface area contributed by atoms with Gasteiger partial charge < -0.3 is 15.3 Å². The number of likely N-dealkylation sites (N-methyl/N-ethyl adjacent to an activating group) is 1. The van der Waals surface area contributed by atoms with Crippen molar-refractivity contribution < 1.29 is 9.90 Å². The molecule has 0 aromatic carbocycles. The lowest BCUT2D eigenvalue weighted by Crippen LogP contribution is -2.50. The van der Waals surface area contributed by atoms with Crippen LogP contribution in [0, 0.1) is 0 Å². The lowest BCUT2D eigenvalue weighted by molar-refractivity contribution is -0.144. The average molecular weight is 269 g/mol. The highest BCUT2D eigenvalue weighted by Crippen LogP contribution is 2.22. The van der Waals surface area contributed by atoms with Crippen LogP contribution in [0.4, 0.5) is 0 Å². The van der Waals surface area contributed by atoms with E-state index in [4.69, 9.17) is 0 Å². The number of carboxylic acids is 1. The minimum Gasteiger partial charge on any atom is -0.480 e. The van der Waals surface area contributed by atoms with Crippen molar-refractivity contribution in [2.75, 3.05) is 39.8 Å². The van der Waals surface area contributed by atoms with Gasteiger partial charge in [-0.15, -0.1) is 0 Å². The van der Waals surface area contributed by atoms with Crippen LogP contribution in [0.15, 0.2) is 0 Å². The second kappa shape index (κ2) is 6.20. The Hall–Kier alpha value is -0.650. The molecule has 0 aromatic rings. The zero-order valence-corrected chi connectivity index (χ0v) is 12.2. The number of nitrogens with zero attached hydrogens (tertiary/aromatic N) is 2. The molecule has 0 saturated carbocycles. The molecule has 5 nitrogen and oxygen atoms in total. The fourth-order valence-corrected chi connectivity index (χ4v) is 3.21. The van der Waals surface area contributed by atoms with E-state index in [2.05, 4.69) is 15.1 Å². The second-order valence-electron chi connectivity index (χ2n) is 6.12. The van der Waals surface area contributed by atoms with Crippen LogP contribution in [0.25, 0.3) is 0 Å². The van der Waals surface area contributed by atoms with Gasteiger partial charge in [0.2, 0.25) is 0 Å². The van der Waals surface area contributed by atoms with Gasteiger partial charge in [-0.25, -0.2) is 0 Å². The van der Waals surface area contributed by atoms with Gasteiger partial charge in [-0.2, -0.15) is 0 Å². The van der Waals surface area contributed by atoms with E-state index in [-0.39, 0.29) is 0 Å².